The van der Waals surface area contributed by atoms with E-state index >= 15 is 0 Å². The summed E-state index contributed by atoms with van der Waals surface area (Å²) in [7, 11) is 0. The van der Waals surface area contributed by atoms with Crippen molar-refractivity contribution in [1.82, 2.24) is 30.8 Å². The third kappa shape index (κ3) is 9.04. The molecule has 270 valence electrons. The molecule has 7 atom stereocenters. The highest BCUT2D eigenvalue weighted by Gasteiger charge is 2.52. The maximum Gasteiger partial charge on any atom is 0.251 e. The Hall–Kier alpha value is -3.41. The molecule has 1 aromatic heterocycles. The molecule has 2 heterocycles. The Labute approximate surface area is 290 Å². The quantitative estimate of drug-likeness (QED) is 0.217. The van der Waals surface area contributed by atoms with Gasteiger partial charge in [0.15, 0.2) is 11.9 Å². The van der Waals surface area contributed by atoms with Crippen LogP contribution in [0.3, 0.4) is 0 Å². The van der Waals surface area contributed by atoms with Gasteiger partial charge in [-0.05, 0) is 68.1 Å². The van der Waals surface area contributed by atoms with Crippen molar-refractivity contribution < 1.29 is 29.1 Å². The van der Waals surface area contributed by atoms with Crippen LogP contribution in [-0.2, 0) is 19.2 Å². The lowest BCUT2D eigenvalue weighted by molar-refractivity contribution is -0.146. The number of carbonyl (C=O) groups is 5. The molecule has 1 aliphatic heterocycles. The zero-order chi connectivity index (χ0) is 35.3. The topological polar surface area (TPSA) is 171 Å². The van der Waals surface area contributed by atoms with E-state index in [2.05, 4.69) is 25.9 Å². The number of fused-ring (bicyclic) bond motifs is 1. The summed E-state index contributed by atoms with van der Waals surface area (Å²) in [5, 5.41) is 19.8. The molecule has 12 nitrogen and oxygen atoms in total. The maximum atomic E-state index is 14.6. The second-order valence-electron chi connectivity index (χ2n) is 16.0. The molecular weight excluding hydrogens is 624 g/mol. The Balaban J connectivity index is 1.35. The van der Waals surface area contributed by atoms with Crippen LogP contribution in [0.25, 0.3) is 0 Å². The van der Waals surface area contributed by atoms with Crippen LogP contribution in [0.15, 0.2) is 18.6 Å². The van der Waals surface area contributed by atoms with Crippen molar-refractivity contribution in [3.8, 4) is 0 Å². The van der Waals surface area contributed by atoms with E-state index < -0.39 is 41.5 Å². The lowest BCUT2D eigenvalue weighted by atomic mass is 9.76. The number of aromatic nitrogens is 2. The summed E-state index contributed by atoms with van der Waals surface area (Å²) >= 11 is 0. The summed E-state index contributed by atoms with van der Waals surface area (Å²) < 4.78 is 0. The summed E-state index contributed by atoms with van der Waals surface area (Å²) in [6, 6.07) is -2.41. The van der Waals surface area contributed by atoms with Gasteiger partial charge in [-0.25, -0.2) is 4.98 Å². The number of ketones is 1. The highest BCUT2D eigenvalue weighted by molar-refractivity contribution is 5.98. The van der Waals surface area contributed by atoms with Gasteiger partial charge < -0.3 is 26.0 Å². The van der Waals surface area contributed by atoms with Gasteiger partial charge in [0.1, 0.15) is 17.8 Å². The average molecular weight is 681 g/mol. The van der Waals surface area contributed by atoms with E-state index in [-0.39, 0.29) is 59.4 Å². The molecule has 12 heteroatoms. The van der Waals surface area contributed by atoms with E-state index in [4.69, 9.17) is 0 Å². The Morgan fingerprint density at radius 3 is 2.31 bits per heavy atom. The molecule has 4 fully saturated rings. The lowest BCUT2D eigenvalue weighted by Gasteiger charge is -2.38. The molecule has 0 bridgehead atoms. The summed E-state index contributed by atoms with van der Waals surface area (Å²) in [6.07, 6.45) is 13.2. The van der Waals surface area contributed by atoms with Crippen LogP contribution in [0.4, 0.5) is 0 Å². The Kier molecular flexibility index (Phi) is 12.1. The number of rotatable bonds is 14. The summed E-state index contributed by atoms with van der Waals surface area (Å²) in [4.78, 5) is 78.8. The van der Waals surface area contributed by atoms with Gasteiger partial charge in [-0.15, -0.1) is 0 Å². The number of likely N-dealkylation sites (tertiary alicyclic amines) is 1. The van der Waals surface area contributed by atoms with E-state index in [1.54, 1.807) is 4.90 Å². The molecule has 4 aliphatic rings. The lowest BCUT2D eigenvalue weighted by Crippen LogP contribution is -2.61. The van der Waals surface area contributed by atoms with Gasteiger partial charge >= 0.3 is 0 Å². The van der Waals surface area contributed by atoms with Crippen LogP contribution >= 0.6 is 0 Å². The van der Waals surface area contributed by atoms with Gasteiger partial charge in [-0.2, -0.15) is 0 Å². The van der Waals surface area contributed by atoms with Crippen LogP contribution in [-0.4, -0.2) is 86.2 Å². The number of hydrogen-bond acceptors (Lipinski definition) is 8. The van der Waals surface area contributed by atoms with Crippen molar-refractivity contribution in [3.05, 3.63) is 24.3 Å². The second kappa shape index (κ2) is 16.1. The molecule has 4 amide bonds. The minimum atomic E-state index is -1.39. The van der Waals surface area contributed by atoms with E-state index in [0.29, 0.717) is 19.4 Å². The number of nitrogens with one attached hydrogen (secondary N) is 3. The summed E-state index contributed by atoms with van der Waals surface area (Å²) in [5.41, 5.74) is -0.479. The molecule has 3 aliphatic carbocycles. The smallest absolute Gasteiger partial charge is 0.251 e. The van der Waals surface area contributed by atoms with Gasteiger partial charge in [0.05, 0.1) is 12.2 Å². The number of nitrogens with zero attached hydrogens (tertiary/aromatic N) is 3. The number of Topliss-reactive ketones (excluding diaryl/α,β-unsaturated/α-hetero) is 1. The van der Waals surface area contributed by atoms with Crippen molar-refractivity contribution in [2.24, 2.45) is 29.1 Å². The molecule has 0 spiro atoms. The largest absolute Gasteiger partial charge is 0.381 e. The molecule has 1 saturated heterocycles. The first-order chi connectivity index (χ1) is 23.4. The minimum absolute atomic E-state index is 0.00815. The van der Waals surface area contributed by atoms with Gasteiger partial charge in [-0.3, -0.25) is 29.0 Å². The second-order valence-corrected chi connectivity index (χ2v) is 16.0. The summed E-state index contributed by atoms with van der Waals surface area (Å²) in [5.74, 6) is -2.26. The van der Waals surface area contributed by atoms with Gasteiger partial charge in [-0.1, -0.05) is 59.8 Å². The van der Waals surface area contributed by atoms with E-state index in [9.17, 15) is 29.1 Å². The fourth-order valence-corrected chi connectivity index (χ4v) is 8.27. The van der Waals surface area contributed by atoms with Crippen LogP contribution in [0, 0.1) is 29.1 Å². The Morgan fingerprint density at radius 1 is 0.939 bits per heavy atom. The Bertz CT molecular complexity index is 1340. The van der Waals surface area contributed by atoms with Gasteiger partial charge in [0, 0.05) is 37.3 Å². The number of carbonyl (C=O) groups excluding carboxylic acids is 5. The molecule has 5 rings (SSSR count). The predicted molar refractivity (Wildman–Crippen MR) is 183 cm³/mol. The molecule has 0 aromatic carbocycles. The average Bonchev–Trinajstić information content (AvgIpc) is 3.65. The molecule has 1 aromatic rings. The van der Waals surface area contributed by atoms with E-state index in [0.717, 1.165) is 64.2 Å². The first kappa shape index (κ1) is 36.9. The SMILES string of the molecule is CCC[C@H](NC(=O)[C@@H]1C2CCCC2CN1C(=O)[C@@H](NC(=O)[C@@H](CC(=O)c1cnccn1)C1CCCCC1)C(C)(C)C)C(O)C(=O)NC1CC1. The van der Waals surface area contributed by atoms with Crippen LogP contribution in [0.5, 0.6) is 0 Å². The molecule has 3 unspecified atom stereocenters. The molecule has 3 saturated carbocycles. The van der Waals surface area contributed by atoms with Crippen molar-refractivity contribution in [3.63, 3.8) is 0 Å². The van der Waals surface area contributed by atoms with E-state index in [1.165, 1.54) is 18.6 Å². The zero-order valence-corrected chi connectivity index (χ0v) is 29.7. The van der Waals surface area contributed by atoms with Crippen molar-refractivity contribution in [1.29, 1.82) is 0 Å². The van der Waals surface area contributed by atoms with Crippen molar-refractivity contribution >= 4 is 29.4 Å². The number of aliphatic hydroxyl groups is 1. The molecule has 49 heavy (non-hydrogen) atoms. The molecule has 4 N–H and O–H groups in total. The minimum Gasteiger partial charge on any atom is -0.381 e. The number of aliphatic hydroxyl groups excluding tert-OH is 1. The maximum absolute atomic E-state index is 14.6. The molecular formula is C37H56N6O6. The van der Waals surface area contributed by atoms with Crippen molar-refractivity contribution in [2.75, 3.05) is 6.54 Å². The fourth-order valence-electron chi connectivity index (χ4n) is 8.27. The first-order valence-corrected chi connectivity index (χ1v) is 18.6. The summed E-state index contributed by atoms with van der Waals surface area (Å²) in [6.45, 7) is 8.03. The highest BCUT2D eigenvalue weighted by Crippen LogP contribution is 2.43. The first-order valence-electron chi connectivity index (χ1n) is 18.6. The van der Waals surface area contributed by atoms with Gasteiger partial charge in [0.25, 0.3) is 5.91 Å². The number of amides is 4. The number of hydrogen-bond donors (Lipinski definition) is 4. The predicted octanol–water partition coefficient (Wildman–Crippen LogP) is 3.33. The third-order valence-electron chi connectivity index (χ3n) is 11.2. The fraction of sp³-hybridized carbons (Fsp3) is 0.757. The van der Waals surface area contributed by atoms with Crippen LogP contribution < -0.4 is 16.0 Å². The third-order valence-corrected chi connectivity index (χ3v) is 11.2. The van der Waals surface area contributed by atoms with Gasteiger partial charge in [0.2, 0.25) is 17.7 Å². The monoisotopic (exact) mass is 680 g/mol. The van der Waals surface area contributed by atoms with E-state index in [1.807, 2.05) is 27.7 Å². The highest BCUT2D eigenvalue weighted by atomic mass is 16.3. The zero-order valence-electron chi connectivity index (χ0n) is 29.7. The van der Waals surface area contributed by atoms with Crippen LogP contribution in [0.1, 0.15) is 122 Å². The Morgan fingerprint density at radius 2 is 1.67 bits per heavy atom. The van der Waals surface area contributed by atoms with Crippen molar-refractivity contribution in [2.45, 2.75) is 141 Å². The normalized spacial score (nSPS) is 25.1. The standard InChI is InChI=1S/C37H56N6O6/c1-5-10-27(31(45)35(48)40-24-15-16-24)41-34(47)30-25-14-9-13-23(25)21-43(30)36(49)32(37(2,3)4)42-33(46)26(22-11-7-6-8-12-22)19-29(44)28-20-38-17-18-39-28/h17-18,20,22-27,30-32,45H,5-16,19,21H2,1-4H3,(H,40,48)(H,41,47)(H,42,46)/t23?,25?,26-,27-,30-,31?,32+/m0/s1. The molecule has 0 radical (unpaired) electrons. The van der Waals surface area contributed by atoms with Crippen LogP contribution in [0.2, 0.25) is 0 Å².